The van der Waals surface area contributed by atoms with Crippen molar-refractivity contribution in [2.75, 3.05) is 19.8 Å². The number of benzene rings is 1. The molecule has 2 rings (SSSR count). The first-order valence-electron chi connectivity index (χ1n) is 8.37. The van der Waals surface area contributed by atoms with E-state index >= 15 is 0 Å². The molecule has 6 nitrogen and oxygen atoms in total. The van der Waals surface area contributed by atoms with Gasteiger partial charge in [-0.25, -0.2) is 9.69 Å². The molecule has 7 heteroatoms. The van der Waals surface area contributed by atoms with Gasteiger partial charge in [0, 0.05) is 4.47 Å². The molecule has 0 fully saturated rings. The predicted octanol–water partition coefficient (Wildman–Crippen LogP) is 4.40. The van der Waals surface area contributed by atoms with Crippen molar-refractivity contribution in [2.45, 2.75) is 46.1 Å². The van der Waals surface area contributed by atoms with Gasteiger partial charge in [-0.2, -0.15) is 0 Å². The fraction of sp³-hybridized carbons (Fsp3) is 0.556. The number of halogens is 1. The van der Waals surface area contributed by atoms with E-state index in [0.29, 0.717) is 18.1 Å². The maximum Gasteiger partial charge on any atom is 0.417 e. The summed E-state index contributed by atoms with van der Waals surface area (Å²) in [7, 11) is 0. The van der Waals surface area contributed by atoms with Crippen molar-refractivity contribution in [3.63, 3.8) is 0 Å². The third-order valence-electron chi connectivity index (χ3n) is 3.43. The summed E-state index contributed by atoms with van der Waals surface area (Å²) in [6, 6.07) is 3.42. The van der Waals surface area contributed by atoms with Gasteiger partial charge in [-0.3, -0.25) is 4.79 Å². The van der Waals surface area contributed by atoms with Crippen LogP contribution in [-0.2, 0) is 4.74 Å². The predicted molar refractivity (Wildman–Crippen MR) is 97.3 cm³/mol. The van der Waals surface area contributed by atoms with Crippen LogP contribution in [0.15, 0.2) is 16.6 Å². The lowest BCUT2D eigenvalue weighted by Crippen LogP contribution is -2.41. The zero-order chi connectivity index (χ0) is 18.6. The molecule has 2 amide bonds. The van der Waals surface area contributed by atoms with Gasteiger partial charge in [0.25, 0.3) is 5.91 Å². The topological polar surface area (TPSA) is 65.1 Å². The number of amides is 2. The number of hydrogen-bond acceptors (Lipinski definition) is 5. The summed E-state index contributed by atoms with van der Waals surface area (Å²) in [5.41, 5.74) is -0.435. The van der Waals surface area contributed by atoms with E-state index in [1.165, 1.54) is 0 Å². The Kier molecular flexibility index (Phi) is 6.32. The first-order chi connectivity index (χ1) is 11.7. The number of carbonyl (C=O) groups excluding carboxylic acids is 2. The zero-order valence-corrected chi connectivity index (χ0v) is 16.6. The Hall–Kier alpha value is -1.76. The van der Waals surface area contributed by atoms with Crippen molar-refractivity contribution < 1.29 is 23.8 Å². The Bertz CT molecular complexity index is 654. The number of unbranched alkanes of at least 4 members (excludes halogenated alkanes) is 1. The van der Waals surface area contributed by atoms with Crippen LogP contribution < -0.4 is 9.47 Å². The van der Waals surface area contributed by atoms with Gasteiger partial charge < -0.3 is 14.2 Å². The molecular weight excluding hydrogens is 390 g/mol. The first-order valence-corrected chi connectivity index (χ1v) is 9.16. The van der Waals surface area contributed by atoms with Gasteiger partial charge in [-0.15, -0.1) is 0 Å². The smallest absolute Gasteiger partial charge is 0.417 e. The molecule has 138 valence electrons. The standard InChI is InChI=1S/C18H24BrNO5/c1-5-6-8-23-13-10-12(19)11-14-15(13)16(21)20(7-9-24-14)17(22)25-18(2,3)4/h10-11H,5-9H2,1-4H3. The summed E-state index contributed by atoms with van der Waals surface area (Å²) in [5, 5.41) is 0. The maximum absolute atomic E-state index is 13.0. The van der Waals surface area contributed by atoms with Crippen LogP contribution in [0.3, 0.4) is 0 Å². The van der Waals surface area contributed by atoms with Gasteiger partial charge in [-0.05, 0) is 39.3 Å². The molecule has 0 bridgehead atoms. The third-order valence-corrected chi connectivity index (χ3v) is 3.89. The van der Waals surface area contributed by atoms with Crippen LogP contribution in [0.4, 0.5) is 4.79 Å². The number of carbonyl (C=O) groups is 2. The molecule has 1 aromatic rings. The maximum atomic E-state index is 13.0. The van der Waals surface area contributed by atoms with Crippen molar-refractivity contribution in [1.82, 2.24) is 4.90 Å². The highest BCUT2D eigenvalue weighted by atomic mass is 79.9. The molecule has 1 aliphatic heterocycles. The Morgan fingerprint density at radius 1 is 1.36 bits per heavy atom. The lowest BCUT2D eigenvalue weighted by atomic mass is 10.1. The van der Waals surface area contributed by atoms with Crippen LogP contribution in [0, 0.1) is 0 Å². The van der Waals surface area contributed by atoms with Crippen LogP contribution >= 0.6 is 15.9 Å². The van der Waals surface area contributed by atoms with Crippen LogP contribution in [0.25, 0.3) is 0 Å². The average molecular weight is 414 g/mol. The van der Waals surface area contributed by atoms with Crippen molar-refractivity contribution in [3.8, 4) is 11.5 Å². The van der Waals surface area contributed by atoms with Crippen molar-refractivity contribution >= 4 is 27.9 Å². The van der Waals surface area contributed by atoms with Gasteiger partial charge in [0.05, 0.1) is 13.2 Å². The Morgan fingerprint density at radius 2 is 2.08 bits per heavy atom. The first kappa shape index (κ1) is 19.6. The second-order valence-electron chi connectivity index (χ2n) is 6.76. The summed E-state index contributed by atoms with van der Waals surface area (Å²) < 4.78 is 17.5. The Morgan fingerprint density at radius 3 is 2.72 bits per heavy atom. The second-order valence-corrected chi connectivity index (χ2v) is 7.68. The SMILES string of the molecule is CCCCOc1cc(Br)cc2c1C(=O)N(C(=O)OC(C)(C)C)CCO2. The number of ether oxygens (including phenoxy) is 3. The van der Waals surface area contributed by atoms with Crippen molar-refractivity contribution in [2.24, 2.45) is 0 Å². The minimum Gasteiger partial charge on any atom is -0.493 e. The van der Waals surface area contributed by atoms with E-state index in [4.69, 9.17) is 14.2 Å². The molecule has 0 atom stereocenters. The highest BCUT2D eigenvalue weighted by Crippen LogP contribution is 2.36. The number of hydrogen-bond donors (Lipinski definition) is 0. The van der Waals surface area contributed by atoms with E-state index in [-0.39, 0.29) is 18.7 Å². The van der Waals surface area contributed by atoms with Gasteiger partial charge in [0.2, 0.25) is 0 Å². The number of rotatable bonds is 4. The molecule has 25 heavy (non-hydrogen) atoms. The highest BCUT2D eigenvalue weighted by Gasteiger charge is 2.34. The van der Waals surface area contributed by atoms with Gasteiger partial charge in [0.1, 0.15) is 29.3 Å². The fourth-order valence-electron chi connectivity index (χ4n) is 2.30. The lowest BCUT2D eigenvalue weighted by Gasteiger charge is -2.25. The van der Waals surface area contributed by atoms with Gasteiger partial charge in [-0.1, -0.05) is 29.3 Å². The molecule has 0 saturated heterocycles. The normalized spacial score (nSPS) is 14.4. The van der Waals surface area contributed by atoms with E-state index in [2.05, 4.69) is 22.9 Å². The quantitative estimate of drug-likeness (QED) is 0.684. The van der Waals surface area contributed by atoms with E-state index in [1.54, 1.807) is 32.9 Å². The Labute approximate surface area is 156 Å². The number of imide groups is 1. The molecule has 0 N–H and O–H groups in total. The molecule has 1 aromatic carbocycles. The summed E-state index contributed by atoms with van der Waals surface area (Å²) >= 11 is 3.40. The summed E-state index contributed by atoms with van der Waals surface area (Å²) in [4.78, 5) is 26.4. The number of nitrogens with zero attached hydrogens (tertiary/aromatic N) is 1. The largest absolute Gasteiger partial charge is 0.493 e. The third kappa shape index (κ3) is 5.11. The summed E-state index contributed by atoms with van der Waals surface area (Å²) in [6.07, 6.45) is 1.16. The molecule has 0 radical (unpaired) electrons. The van der Waals surface area contributed by atoms with E-state index < -0.39 is 17.6 Å². The van der Waals surface area contributed by atoms with Crippen LogP contribution in [0.5, 0.6) is 11.5 Å². The van der Waals surface area contributed by atoms with Gasteiger partial charge >= 0.3 is 6.09 Å². The van der Waals surface area contributed by atoms with Crippen molar-refractivity contribution in [3.05, 3.63) is 22.2 Å². The van der Waals surface area contributed by atoms with E-state index in [9.17, 15) is 9.59 Å². The molecule has 0 aromatic heterocycles. The molecule has 0 spiro atoms. The highest BCUT2D eigenvalue weighted by molar-refractivity contribution is 9.10. The van der Waals surface area contributed by atoms with Gasteiger partial charge in [0.15, 0.2) is 0 Å². The molecule has 1 heterocycles. The van der Waals surface area contributed by atoms with E-state index in [1.807, 2.05) is 0 Å². The Balaban J connectivity index is 2.35. The lowest BCUT2D eigenvalue weighted by molar-refractivity contribution is 0.0233. The number of fused-ring (bicyclic) bond motifs is 1. The summed E-state index contributed by atoms with van der Waals surface area (Å²) in [5.74, 6) is 0.330. The fourth-order valence-corrected chi connectivity index (χ4v) is 2.71. The molecule has 0 aliphatic carbocycles. The minimum absolute atomic E-state index is 0.119. The summed E-state index contributed by atoms with van der Waals surface area (Å²) in [6.45, 7) is 8.13. The average Bonchev–Trinajstić information content (AvgIpc) is 2.64. The molecule has 0 unspecified atom stereocenters. The van der Waals surface area contributed by atoms with Crippen LogP contribution in [0.1, 0.15) is 50.9 Å². The van der Waals surface area contributed by atoms with Crippen LogP contribution in [0.2, 0.25) is 0 Å². The van der Waals surface area contributed by atoms with Crippen LogP contribution in [-0.4, -0.2) is 42.3 Å². The zero-order valence-electron chi connectivity index (χ0n) is 15.1. The minimum atomic E-state index is -0.687. The van der Waals surface area contributed by atoms with E-state index in [0.717, 1.165) is 22.2 Å². The molecular formula is C18H24BrNO5. The van der Waals surface area contributed by atoms with Crippen molar-refractivity contribution in [1.29, 1.82) is 0 Å². The molecule has 0 saturated carbocycles. The second kappa shape index (κ2) is 8.08. The monoisotopic (exact) mass is 413 g/mol. The molecule has 1 aliphatic rings.